The molecule has 0 saturated heterocycles. The Morgan fingerprint density at radius 3 is 1.95 bits per heavy atom. The third-order valence-electron chi connectivity index (χ3n) is 7.06. The van der Waals surface area contributed by atoms with Gasteiger partial charge in [0, 0.05) is 11.1 Å². The van der Waals surface area contributed by atoms with Crippen LogP contribution in [0.2, 0.25) is 0 Å². The lowest BCUT2D eigenvalue weighted by Crippen LogP contribution is -2.32. The van der Waals surface area contributed by atoms with Gasteiger partial charge in [-0.15, -0.1) is 0 Å². The summed E-state index contributed by atoms with van der Waals surface area (Å²) in [5, 5.41) is 3.23. The van der Waals surface area contributed by atoms with Crippen LogP contribution in [0.25, 0.3) is 43.8 Å². The Kier molecular flexibility index (Phi) is 8.16. The van der Waals surface area contributed by atoms with Crippen molar-refractivity contribution in [2.75, 3.05) is 19.5 Å². The molecule has 0 saturated carbocycles. The second-order valence-corrected chi connectivity index (χ2v) is 10.9. The molecule has 0 aliphatic carbocycles. The summed E-state index contributed by atoms with van der Waals surface area (Å²) < 4.78 is 17.3. The molecule has 1 N–H and O–H groups in total. The molecule has 10 heteroatoms. The topological polar surface area (TPSA) is 113 Å². The highest BCUT2D eigenvalue weighted by Crippen LogP contribution is 2.33. The zero-order valence-corrected chi connectivity index (χ0v) is 25.1. The van der Waals surface area contributed by atoms with E-state index >= 15 is 0 Å². The number of esters is 1. The number of carbonyl (C=O) groups is 2. The van der Waals surface area contributed by atoms with Crippen molar-refractivity contribution in [1.82, 2.24) is 15.0 Å². The molecule has 0 fully saturated rings. The van der Waals surface area contributed by atoms with Crippen LogP contribution in [0.5, 0.6) is 11.5 Å². The van der Waals surface area contributed by atoms with Gasteiger partial charge in [0.05, 0.1) is 52.4 Å². The Hall–Kier alpha value is -5.35. The molecule has 1 unspecified atom stereocenters. The molecule has 6 rings (SSSR count). The molecule has 2 heterocycles. The number of methoxy groups -OCH3 is 2. The van der Waals surface area contributed by atoms with Gasteiger partial charge in [0.15, 0.2) is 11.2 Å². The first kappa shape index (κ1) is 28.8. The lowest BCUT2D eigenvalue weighted by Gasteiger charge is -2.15. The van der Waals surface area contributed by atoms with E-state index in [0.717, 1.165) is 32.8 Å². The van der Waals surface area contributed by atoms with Crippen LogP contribution in [-0.2, 0) is 9.53 Å². The second kappa shape index (κ2) is 12.5. The lowest BCUT2D eigenvalue weighted by atomic mass is 10.0. The van der Waals surface area contributed by atoms with Gasteiger partial charge in [-0.2, -0.15) is 0 Å². The maximum Gasteiger partial charge on any atom is 0.338 e. The minimum absolute atomic E-state index is 0.260. The Labute approximate surface area is 257 Å². The quantitative estimate of drug-likeness (QED) is 0.173. The number of rotatable bonds is 9. The van der Waals surface area contributed by atoms with Crippen molar-refractivity contribution in [1.29, 1.82) is 0 Å². The molecule has 0 aliphatic rings. The van der Waals surface area contributed by atoms with Crippen molar-refractivity contribution in [2.45, 2.75) is 19.4 Å². The summed E-state index contributed by atoms with van der Waals surface area (Å²) in [5.74, 6) is 0.378. The van der Waals surface area contributed by atoms with Crippen LogP contribution < -0.4 is 14.8 Å². The number of hydrogen-bond donors (Lipinski definition) is 1. The maximum absolute atomic E-state index is 13.2. The first-order valence-corrected chi connectivity index (χ1v) is 14.8. The highest BCUT2D eigenvalue weighted by atomic mass is 32.1. The fourth-order valence-electron chi connectivity index (χ4n) is 4.71. The van der Waals surface area contributed by atoms with Gasteiger partial charge in [0.1, 0.15) is 11.5 Å². The third kappa shape index (κ3) is 5.93. The summed E-state index contributed by atoms with van der Waals surface area (Å²) in [5.41, 5.74) is 5.17. The molecule has 2 aromatic heterocycles. The number of hydrogen-bond acceptors (Lipinski definition) is 9. The highest BCUT2D eigenvalue weighted by molar-refractivity contribution is 7.22. The Morgan fingerprint density at radius 2 is 1.36 bits per heavy atom. The summed E-state index contributed by atoms with van der Waals surface area (Å²) in [7, 11) is 3.23. The zero-order valence-electron chi connectivity index (χ0n) is 24.2. The number of fused-ring (bicyclic) bond motifs is 2. The van der Waals surface area contributed by atoms with Crippen LogP contribution >= 0.6 is 11.3 Å². The first-order valence-electron chi connectivity index (χ1n) is 13.9. The van der Waals surface area contributed by atoms with Gasteiger partial charge in [0.25, 0.3) is 5.91 Å². The smallest absolute Gasteiger partial charge is 0.338 e. The fourth-order valence-corrected chi connectivity index (χ4v) is 5.58. The first-order chi connectivity index (χ1) is 21.4. The van der Waals surface area contributed by atoms with Crippen LogP contribution in [0.4, 0.5) is 5.13 Å². The number of benzene rings is 4. The average Bonchev–Trinajstić information content (AvgIpc) is 3.48. The van der Waals surface area contributed by atoms with Crippen molar-refractivity contribution in [3.63, 3.8) is 0 Å². The van der Waals surface area contributed by atoms with E-state index in [1.165, 1.54) is 11.3 Å². The average molecular weight is 605 g/mol. The zero-order chi connectivity index (χ0) is 30.6. The molecule has 1 amide bonds. The van der Waals surface area contributed by atoms with Gasteiger partial charge in [-0.1, -0.05) is 30.4 Å². The number of anilines is 1. The van der Waals surface area contributed by atoms with Crippen molar-refractivity contribution in [2.24, 2.45) is 0 Å². The number of carbonyl (C=O) groups excluding carboxylic acids is 2. The van der Waals surface area contributed by atoms with E-state index in [9.17, 15) is 9.59 Å². The molecular formula is C34H28N4O5S. The molecule has 4 aromatic carbocycles. The van der Waals surface area contributed by atoms with Crippen LogP contribution in [0, 0.1) is 0 Å². The van der Waals surface area contributed by atoms with Gasteiger partial charge >= 0.3 is 5.97 Å². The predicted octanol–water partition coefficient (Wildman–Crippen LogP) is 7.16. The highest BCUT2D eigenvalue weighted by Gasteiger charge is 2.24. The molecular weight excluding hydrogens is 576 g/mol. The number of thiazole rings is 1. The van der Waals surface area contributed by atoms with Crippen molar-refractivity contribution < 1.29 is 23.8 Å². The van der Waals surface area contributed by atoms with Crippen LogP contribution in [0.3, 0.4) is 0 Å². The van der Waals surface area contributed by atoms with Crippen LogP contribution in [0.15, 0.2) is 91.0 Å². The SMILES string of the molecule is CCC(OC(=O)c1ccc2nc(-c3ccc(OC)cc3)c(-c3ccc(OC)cc3)nc2c1)C(=O)Nc1nc2ccccc2s1. The molecule has 0 bridgehead atoms. The summed E-state index contributed by atoms with van der Waals surface area (Å²) in [4.78, 5) is 40.6. The normalized spacial score (nSPS) is 11.7. The Balaban J connectivity index is 1.29. The number of nitrogens with zero attached hydrogens (tertiary/aromatic N) is 3. The van der Waals surface area contributed by atoms with Crippen molar-refractivity contribution in [3.05, 3.63) is 96.6 Å². The number of ether oxygens (including phenoxy) is 3. The Bertz CT molecular complexity index is 1940. The third-order valence-corrected chi connectivity index (χ3v) is 8.02. The van der Waals surface area contributed by atoms with Crippen molar-refractivity contribution in [3.8, 4) is 34.0 Å². The van der Waals surface area contributed by atoms with E-state index in [4.69, 9.17) is 24.2 Å². The van der Waals surface area contributed by atoms with Gasteiger partial charge in [0.2, 0.25) is 0 Å². The summed E-state index contributed by atoms with van der Waals surface area (Å²) in [6.45, 7) is 1.78. The molecule has 1 atom stereocenters. The number of aromatic nitrogens is 3. The standard InChI is InChI=1S/C34H28N4O5S/c1-4-28(32(39)38-34-37-26-7-5-6-8-29(26)44-34)43-33(40)22-13-18-25-27(19-22)36-31(21-11-16-24(42-3)17-12-21)30(35-25)20-9-14-23(41-2)15-10-20/h5-19,28H,4H2,1-3H3,(H,37,38,39). The molecule has 6 aromatic rings. The van der Waals surface area contributed by atoms with E-state index in [1.807, 2.05) is 72.8 Å². The minimum atomic E-state index is -0.997. The van der Waals surface area contributed by atoms with Gasteiger partial charge in [-0.25, -0.2) is 19.7 Å². The largest absolute Gasteiger partial charge is 0.497 e. The fraction of sp³-hybridized carbons (Fsp3) is 0.147. The van der Waals surface area contributed by atoms with E-state index < -0.39 is 18.0 Å². The lowest BCUT2D eigenvalue weighted by molar-refractivity contribution is -0.124. The summed E-state index contributed by atoms with van der Waals surface area (Å²) in [6.07, 6.45) is -0.702. The number of para-hydroxylation sites is 1. The van der Waals surface area contributed by atoms with E-state index in [0.29, 0.717) is 34.0 Å². The molecule has 9 nitrogen and oxygen atoms in total. The van der Waals surface area contributed by atoms with Crippen LogP contribution in [0.1, 0.15) is 23.7 Å². The van der Waals surface area contributed by atoms with Crippen LogP contribution in [-0.4, -0.2) is 47.2 Å². The minimum Gasteiger partial charge on any atom is -0.497 e. The monoisotopic (exact) mass is 604 g/mol. The van der Waals surface area contributed by atoms with E-state index in [1.54, 1.807) is 39.3 Å². The van der Waals surface area contributed by atoms with E-state index in [2.05, 4.69) is 10.3 Å². The Morgan fingerprint density at radius 1 is 0.750 bits per heavy atom. The number of amides is 1. The molecule has 0 radical (unpaired) electrons. The van der Waals surface area contributed by atoms with E-state index in [-0.39, 0.29) is 5.56 Å². The summed E-state index contributed by atoms with van der Waals surface area (Å²) in [6, 6.07) is 27.7. The maximum atomic E-state index is 13.2. The van der Waals surface area contributed by atoms with Gasteiger partial charge < -0.3 is 14.2 Å². The molecule has 0 aliphatic heterocycles. The molecule has 44 heavy (non-hydrogen) atoms. The second-order valence-electron chi connectivity index (χ2n) is 9.86. The summed E-state index contributed by atoms with van der Waals surface area (Å²) >= 11 is 1.36. The number of nitrogens with one attached hydrogen (secondary N) is 1. The predicted molar refractivity (Wildman–Crippen MR) is 171 cm³/mol. The van der Waals surface area contributed by atoms with Gasteiger partial charge in [-0.05, 0) is 85.3 Å². The van der Waals surface area contributed by atoms with Gasteiger partial charge in [-0.3, -0.25) is 10.1 Å². The molecule has 220 valence electrons. The van der Waals surface area contributed by atoms with Crippen molar-refractivity contribution >= 4 is 49.6 Å². The molecule has 0 spiro atoms.